The molecule has 1 aliphatic rings. The lowest BCUT2D eigenvalue weighted by Crippen LogP contribution is -2.23. The van der Waals surface area contributed by atoms with Crippen LogP contribution in [-0.4, -0.2) is 13.1 Å². The summed E-state index contributed by atoms with van der Waals surface area (Å²) in [6, 6.07) is 16.5. The Hall–Kier alpha value is -2.00. The van der Waals surface area contributed by atoms with E-state index >= 15 is 0 Å². The predicted octanol–water partition coefficient (Wildman–Crippen LogP) is 2.73. The van der Waals surface area contributed by atoms with Crippen LogP contribution in [0.5, 0.6) is 5.75 Å². The van der Waals surface area contributed by atoms with Crippen LogP contribution in [0.15, 0.2) is 48.5 Å². The van der Waals surface area contributed by atoms with Gasteiger partial charge in [-0.15, -0.1) is 0 Å². The number of nitrogens with two attached hydrogens (primary N) is 1. The van der Waals surface area contributed by atoms with Gasteiger partial charge in [-0.05, 0) is 36.2 Å². The zero-order chi connectivity index (χ0) is 13.1. The smallest absolute Gasteiger partial charge is 0.143 e. The van der Waals surface area contributed by atoms with Gasteiger partial charge < -0.3 is 15.8 Å². The van der Waals surface area contributed by atoms with Gasteiger partial charge in [-0.1, -0.05) is 36.4 Å². The third-order valence-electron chi connectivity index (χ3n) is 3.40. The van der Waals surface area contributed by atoms with Crippen molar-refractivity contribution in [2.75, 3.05) is 18.4 Å². The highest BCUT2D eigenvalue weighted by Gasteiger charge is 2.20. The van der Waals surface area contributed by atoms with Crippen molar-refractivity contribution in [3.05, 3.63) is 59.7 Å². The van der Waals surface area contributed by atoms with Crippen molar-refractivity contribution in [1.82, 2.24) is 0 Å². The van der Waals surface area contributed by atoms with Gasteiger partial charge in [-0.3, -0.25) is 0 Å². The molecule has 1 unspecified atom stereocenters. The molecule has 1 aliphatic heterocycles. The van der Waals surface area contributed by atoms with E-state index in [-0.39, 0.29) is 6.10 Å². The van der Waals surface area contributed by atoms with Crippen LogP contribution in [0.1, 0.15) is 17.2 Å². The summed E-state index contributed by atoms with van der Waals surface area (Å²) in [5.41, 5.74) is 9.10. The fourth-order valence-electron chi connectivity index (χ4n) is 2.39. The summed E-state index contributed by atoms with van der Waals surface area (Å²) in [5, 5.41) is 3.44. The average molecular weight is 254 g/mol. The summed E-state index contributed by atoms with van der Waals surface area (Å²) >= 11 is 0. The Morgan fingerprint density at radius 2 is 2.00 bits per heavy atom. The van der Waals surface area contributed by atoms with Crippen molar-refractivity contribution in [2.45, 2.75) is 12.5 Å². The molecule has 0 spiro atoms. The molecule has 3 rings (SSSR count). The second kappa shape index (κ2) is 5.33. The van der Waals surface area contributed by atoms with Crippen LogP contribution >= 0.6 is 0 Å². The first-order valence-electron chi connectivity index (χ1n) is 6.65. The van der Waals surface area contributed by atoms with Crippen LogP contribution in [0, 0.1) is 0 Å². The molecular formula is C16H18N2O. The van der Waals surface area contributed by atoms with Crippen LogP contribution < -0.4 is 15.8 Å². The van der Waals surface area contributed by atoms with E-state index in [9.17, 15) is 0 Å². The minimum absolute atomic E-state index is 0.0778. The molecule has 0 saturated carbocycles. The summed E-state index contributed by atoms with van der Waals surface area (Å²) in [4.78, 5) is 0. The maximum absolute atomic E-state index is 6.06. The molecule has 2 aromatic carbocycles. The van der Waals surface area contributed by atoms with Gasteiger partial charge in [0.25, 0.3) is 0 Å². The highest BCUT2D eigenvalue weighted by Crippen LogP contribution is 2.34. The molecular weight excluding hydrogens is 236 g/mol. The molecule has 0 amide bonds. The van der Waals surface area contributed by atoms with Crippen molar-refractivity contribution >= 4 is 5.69 Å². The number of benzene rings is 2. The highest BCUT2D eigenvalue weighted by molar-refractivity contribution is 5.60. The minimum Gasteiger partial charge on any atom is -0.482 e. The van der Waals surface area contributed by atoms with Gasteiger partial charge in [0.05, 0.1) is 12.2 Å². The van der Waals surface area contributed by atoms with Crippen molar-refractivity contribution < 1.29 is 4.74 Å². The number of nitrogens with one attached hydrogen (secondary N) is 1. The number of fused-ring (bicyclic) bond motifs is 1. The highest BCUT2D eigenvalue weighted by atomic mass is 16.5. The van der Waals surface area contributed by atoms with Crippen molar-refractivity contribution in [2.24, 2.45) is 5.73 Å². The largest absolute Gasteiger partial charge is 0.482 e. The number of ether oxygens (including phenoxy) is 1. The number of hydrogen-bond acceptors (Lipinski definition) is 3. The third kappa shape index (κ3) is 2.56. The molecule has 19 heavy (non-hydrogen) atoms. The normalized spacial score (nSPS) is 17.2. The van der Waals surface area contributed by atoms with Gasteiger partial charge in [0.2, 0.25) is 0 Å². The SMILES string of the molecule is NCCc1ccc2c(c1)NCC(c1ccccc1)O2. The topological polar surface area (TPSA) is 47.3 Å². The quantitative estimate of drug-likeness (QED) is 0.885. The van der Waals surface area contributed by atoms with Crippen LogP contribution in [0.4, 0.5) is 5.69 Å². The van der Waals surface area contributed by atoms with Crippen LogP contribution in [0.25, 0.3) is 0 Å². The molecule has 2 aromatic rings. The zero-order valence-corrected chi connectivity index (χ0v) is 10.8. The van der Waals surface area contributed by atoms with E-state index in [0.717, 1.165) is 24.4 Å². The minimum atomic E-state index is 0.0778. The van der Waals surface area contributed by atoms with Crippen LogP contribution in [-0.2, 0) is 6.42 Å². The second-order valence-electron chi connectivity index (χ2n) is 4.77. The van der Waals surface area contributed by atoms with E-state index in [1.54, 1.807) is 0 Å². The van der Waals surface area contributed by atoms with E-state index < -0.39 is 0 Å². The van der Waals surface area contributed by atoms with E-state index in [1.807, 2.05) is 24.3 Å². The third-order valence-corrected chi connectivity index (χ3v) is 3.40. The van der Waals surface area contributed by atoms with E-state index in [1.165, 1.54) is 11.1 Å². The number of hydrogen-bond donors (Lipinski definition) is 2. The Morgan fingerprint density at radius 3 is 2.79 bits per heavy atom. The predicted molar refractivity (Wildman–Crippen MR) is 77.5 cm³/mol. The van der Waals surface area contributed by atoms with Gasteiger partial charge in [0, 0.05) is 0 Å². The van der Waals surface area contributed by atoms with Crippen LogP contribution in [0.3, 0.4) is 0 Å². The van der Waals surface area contributed by atoms with Gasteiger partial charge in [-0.25, -0.2) is 0 Å². The molecule has 3 heteroatoms. The molecule has 3 nitrogen and oxygen atoms in total. The maximum atomic E-state index is 6.06. The zero-order valence-electron chi connectivity index (χ0n) is 10.8. The molecule has 0 aliphatic carbocycles. The standard InChI is InChI=1S/C16H18N2O/c17-9-8-12-6-7-15-14(10-12)18-11-16(19-15)13-4-2-1-3-5-13/h1-7,10,16,18H,8-9,11,17H2. The first-order valence-corrected chi connectivity index (χ1v) is 6.65. The second-order valence-corrected chi connectivity index (χ2v) is 4.77. The summed E-state index contributed by atoms with van der Waals surface area (Å²) in [7, 11) is 0. The Bertz CT molecular complexity index is 554. The lowest BCUT2D eigenvalue weighted by Gasteiger charge is -2.28. The van der Waals surface area contributed by atoms with Crippen molar-refractivity contribution in [1.29, 1.82) is 0 Å². The van der Waals surface area contributed by atoms with Crippen LogP contribution in [0.2, 0.25) is 0 Å². The molecule has 1 atom stereocenters. The number of rotatable bonds is 3. The summed E-state index contributed by atoms with van der Waals surface area (Å²) in [6.07, 6.45) is 0.978. The molecule has 0 saturated heterocycles. The van der Waals surface area contributed by atoms with E-state index in [4.69, 9.17) is 10.5 Å². The molecule has 1 heterocycles. The average Bonchev–Trinajstić information content (AvgIpc) is 2.48. The lowest BCUT2D eigenvalue weighted by atomic mass is 10.1. The fraction of sp³-hybridized carbons (Fsp3) is 0.250. The monoisotopic (exact) mass is 254 g/mol. The molecule has 0 radical (unpaired) electrons. The Kier molecular flexibility index (Phi) is 3.38. The lowest BCUT2D eigenvalue weighted by molar-refractivity contribution is 0.210. The van der Waals surface area contributed by atoms with Crippen molar-refractivity contribution in [3.63, 3.8) is 0 Å². The Morgan fingerprint density at radius 1 is 1.16 bits per heavy atom. The van der Waals surface area contributed by atoms with Gasteiger partial charge in [0.1, 0.15) is 11.9 Å². The summed E-state index contributed by atoms with van der Waals surface area (Å²) < 4.78 is 6.06. The van der Waals surface area contributed by atoms with Crippen molar-refractivity contribution in [3.8, 4) is 5.75 Å². The molecule has 0 aromatic heterocycles. The van der Waals surface area contributed by atoms with E-state index in [2.05, 4.69) is 29.6 Å². The Balaban J connectivity index is 1.81. The fourth-order valence-corrected chi connectivity index (χ4v) is 2.39. The number of anilines is 1. The maximum Gasteiger partial charge on any atom is 0.143 e. The molecule has 0 bridgehead atoms. The van der Waals surface area contributed by atoms with Gasteiger partial charge in [-0.2, -0.15) is 0 Å². The molecule has 0 fully saturated rings. The van der Waals surface area contributed by atoms with Gasteiger partial charge >= 0.3 is 0 Å². The first kappa shape index (κ1) is 12.1. The van der Waals surface area contributed by atoms with E-state index in [0.29, 0.717) is 6.54 Å². The summed E-state index contributed by atoms with van der Waals surface area (Å²) in [6.45, 7) is 1.47. The molecule has 98 valence electrons. The first-order chi connectivity index (χ1) is 9.36. The summed E-state index contributed by atoms with van der Waals surface area (Å²) in [5.74, 6) is 0.917. The molecule has 3 N–H and O–H groups in total. The Labute approximate surface area is 113 Å². The van der Waals surface area contributed by atoms with Gasteiger partial charge in [0.15, 0.2) is 0 Å².